The van der Waals surface area contributed by atoms with E-state index in [1.807, 2.05) is 0 Å². The van der Waals surface area contributed by atoms with Crippen molar-refractivity contribution in [2.75, 3.05) is 31.9 Å². The average molecular weight is 458 g/mol. The molecule has 0 amide bonds. The summed E-state index contributed by atoms with van der Waals surface area (Å²) in [7, 11) is -0.500. The molecule has 5 heteroatoms. The number of likely N-dealkylation sites (tertiary alicyclic amines) is 1. The van der Waals surface area contributed by atoms with Crippen LogP contribution in [0.2, 0.25) is 0 Å². The number of nitrogens with zero attached hydrogens (tertiary/aromatic N) is 1. The van der Waals surface area contributed by atoms with Crippen molar-refractivity contribution in [1.82, 2.24) is 4.90 Å². The SMILES string of the molecule is Cc1cc(OC2CCC(S(C)(C)C)CC2)c(CN2CCC(C(=O)O)CC2)c2ccccc12. The van der Waals surface area contributed by atoms with Crippen LogP contribution < -0.4 is 4.74 Å². The van der Waals surface area contributed by atoms with Crippen molar-refractivity contribution < 1.29 is 14.6 Å². The minimum atomic E-state index is -0.651. The van der Waals surface area contributed by atoms with Gasteiger partial charge in [-0.3, -0.25) is 9.69 Å². The lowest BCUT2D eigenvalue weighted by Crippen LogP contribution is -2.36. The molecule has 0 radical (unpaired) electrons. The topological polar surface area (TPSA) is 49.8 Å². The molecule has 4 rings (SSSR count). The first-order valence-electron chi connectivity index (χ1n) is 12.0. The second-order valence-corrected chi connectivity index (χ2v) is 15.1. The lowest BCUT2D eigenvalue weighted by atomic mass is 9.94. The van der Waals surface area contributed by atoms with E-state index in [1.165, 1.54) is 34.7 Å². The van der Waals surface area contributed by atoms with E-state index in [4.69, 9.17) is 4.74 Å². The smallest absolute Gasteiger partial charge is 0.306 e. The summed E-state index contributed by atoms with van der Waals surface area (Å²) in [4.78, 5) is 13.8. The summed E-state index contributed by atoms with van der Waals surface area (Å²) >= 11 is 0. The van der Waals surface area contributed by atoms with Crippen molar-refractivity contribution in [1.29, 1.82) is 0 Å². The molecule has 1 aliphatic heterocycles. The highest BCUT2D eigenvalue weighted by atomic mass is 32.3. The first-order valence-corrected chi connectivity index (χ1v) is 14.9. The number of carbonyl (C=O) groups is 1. The average Bonchev–Trinajstić information content (AvgIpc) is 2.76. The third-order valence-corrected chi connectivity index (χ3v) is 10.0. The van der Waals surface area contributed by atoms with Crippen LogP contribution in [0.25, 0.3) is 10.8 Å². The summed E-state index contributed by atoms with van der Waals surface area (Å²) in [6.45, 7) is 4.66. The van der Waals surface area contributed by atoms with Crippen molar-refractivity contribution in [3.05, 3.63) is 41.5 Å². The Bertz CT molecular complexity index is 951. The Morgan fingerprint density at radius 3 is 2.25 bits per heavy atom. The third kappa shape index (κ3) is 5.26. The molecule has 1 saturated heterocycles. The Morgan fingerprint density at radius 2 is 1.66 bits per heavy atom. The molecule has 176 valence electrons. The predicted molar refractivity (Wildman–Crippen MR) is 136 cm³/mol. The van der Waals surface area contributed by atoms with Gasteiger partial charge in [-0.25, -0.2) is 10.0 Å². The molecule has 0 spiro atoms. The molecule has 1 N–H and O–H groups in total. The van der Waals surface area contributed by atoms with Crippen LogP contribution >= 0.6 is 10.0 Å². The van der Waals surface area contributed by atoms with Crippen molar-refractivity contribution >= 4 is 26.8 Å². The van der Waals surface area contributed by atoms with Crippen molar-refractivity contribution in [2.24, 2.45) is 5.92 Å². The molecule has 2 aromatic carbocycles. The fraction of sp³-hybridized carbons (Fsp3) is 0.593. The zero-order valence-corrected chi connectivity index (χ0v) is 20.9. The van der Waals surface area contributed by atoms with Crippen LogP contribution in [-0.4, -0.2) is 59.2 Å². The van der Waals surface area contributed by atoms with E-state index in [9.17, 15) is 9.90 Å². The van der Waals surface area contributed by atoms with Gasteiger partial charge >= 0.3 is 5.97 Å². The maximum Gasteiger partial charge on any atom is 0.306 e. The Kier molecular flexibility index (Phi) is 7.06. The first kappa shape index (κ1) is 23.4. The number of benzene rings is 2. The van der Waals surface area contributed by atoms with Crippen LogP contribution in [-0.2, 0) is 11.3 Å². The number of hydrogen-bond acceptors (Lipinski definition) is 3. The summed E-state index contributed by atoms with van der Waals surface area (Å²) in [5.74, 6) is 0.187. The van der Waals surface area contributed by atoms with Crippen molar-refractivity contribution in [3.63, 3.8) is 0 Å². The number of aryl methyl sites for hydroxylation is 1. The predicted octanol–water partition coefficient (Wildman–Crippen LogP) is 5.83. The summed E-state index contributed by atoms with van der Waals surface area (Å²) in [5, 5.41) is 12.8. The number of carboxylic acids is 1. The number of hydrogen-bond donors (Lipinski definition) is 1. The van der Waals surface area contributed by atoms with Crippen molar-refractivity contribution in [3.8, 4) is 5.75 Å². The zero-order valence-electron chi connectivity index (χ0n) is 20.1. The number of ether oxygens (including phenoxy) is 1. The van der Waals surface area contributed by atoms with E-state index in [1.54, 1.807) is 0 Å². The van der Waals surface area contributed by atoms with Crippen LogP contribution in [0.3, 0.4) is 0 Å². The highest BCUT2D eigenvalue weighted by Gasteiger charge is 2.29. The molecule has 32 heavy (non-hydrogen) atoms. The monoisotopic (exact) mass is 457 g/mol. The second-order valence-electron chi connectivity index (χ2n) is 10.6. The van der Waals surface area contributed by atoms with Gasteiger partial charge in [0.15, 0.2) is 0 Å². The van der Waals surface area contributed by atoms with Crippen LogP contribution in [0.1, 0.15) is 49.7 Å². The quantitative estimate of drug-likeness (QED) is 0.593. The number of fused-ring (bicyclic) bond motifs is 1. The van der Waals surface area contributed by atoms with Gasteiger partial charge in [0, 0.05) is 12.1 Å². The van der Waals surface area contributed by atoms with Gasteiger partial charge < -0.3 is 9.84 Å². The molecular weight excluding hydrogens is 418 g/mol. The largest absolute Gasteiger partial charge is 0.490 e. The third-order valence-electron chi connectivity index (χ3n) is 7.56. The van der Waals surface area contributed by atoms with E-state index >= 15 is 0 Å². The van der Waals surface area contributed by atoms with Gasteiger partial charge in [0.1, 0.15) is 5.75 Å². The van der Waals surface area contributed by atoms with Gasteiger partial charge in [-0.2, -0.15) is 0 Å². The van der Waals surface area contributed by atoms with Gasteiger partial charge in [-0.1, -0.05) is 24.3 Å². The maximum absolute atomic E-state index is 11.4. The summed E-state index contributed by atoms with van der Waals surface area (Å²) < 4.78 is 6.73. The molecule has 0 unspecified atom stereocenters. The van der Waals surface area contributed by atoms with E-state index < -0.39 is 16.0 Å². The normalized spacial score (nSPS) is 23.9. The molecule has 2 fully saturated rings. The lowest BCUT2D eigenvalue weighted by Gasteiger charge is -2.41. The fourth-order valence-electron chi connectivity index (χ4n) is 5.45. The summed E-state index contributed by atoms with van der Waals surface area (Å²) in [6, 6.07) is 10.9. The summed E-state index contributed by atoms with van der Waals surface area (Å²) in [5.41, 5.74) is 2.53. The molecule has 4 nitrogen and oxygen atoms in total. The number of rotatable bonds is 6. The molecule has 0 bridgehead atoms. The van der Waals surface area contributed by atoms with Crippen LogP contribution in [0.15, 0.2) is 30.3 Å². The van der Waals surface area contributed by atoms with Gasteiger partial charge in [0.2, 0.25) is 0 Å². The van der Waals surface area contributed by atoms with E-state index in [0.717, 1.165) is 56.3 Å². The van der Waals surface area contributed by atoms with Crippen LogP contribution in [0.4, 0.5) is 0 Å². The Labute approximate surface area is 194 Å². The molecular formula is C27H39NO3S. The highest BCUT2D eigenvalue weighted by Crippen LogP contribution is 2.48. The van der Waals surface area contributed by atoms with Gasteiger partial charge in [-0.15, -0.1) is 0 Å². The zero-order chi connectivity index (χ0) is 22.9. The second kappa shape index (κ2) is 9.64. The Hall–Kier alpha value is -1.72. The van der Waals surface area contributed by atoms with Crippen LogP contribution in [0.5, 0.6) is 5.75 Å². The molecule has 2 aliphatic rings. The molecule has 2 aromatic rings. The standard InChI is InChI=1S/C27H39NO3S/c1-19-17-26(31-21-9-11-22(12-10-21)32(2,3)4)25(24-8-6-5-7-23(19)24)18-28-15-13-20(14-16-28)27(29)30/h5-8,17,20-22H,9-16,18H2,1-4H3,(H,29,30). The minimum absolute atomic E-state index is 0.197. The lowest BCUT2D eigenvalue weighted by molar-refractivity contribution is -0.143. The number of carboxylic acid groups (broad SMARTS) is 1. The molecule has 1 heterocycles. The van der Waals surface area contributed by atoms with Gasteiger partial charge in [-0.05, 0) is 105 Å². The van der Waals surface area contributed by atoms with E-state index in [0.29, 0.717) is 6.10 Å². The molecule has 0 aromatic heterocycles. The maximum atomic E-state index is 11.4. The highest BCUT2D eigenvalue weighted by molar-refractivity contribution is 8.32. The van der Waals surface area contributed by atoms with Crippen LogP contribution in [0, 0.1) is 12.8 Å². The first-order chi connectivity index (χ1) is 15.2. The van der Waals surface area contributed by atoms with E-state index in [-0.39, 0.29) is 5.92 Å². The molecule has 1 aliphatic carbocycles. The minimum Gasteiger partial charge on any atom is -0.490 e. The number of aliphatic carboxylic acids is 1. The van der Waals surface area contributed by atoms with E-state index in [2.05, 4.69) is 60.9 Å². The Balaban J connectivity index is 1.55. The molecule has 0 atom stereocenters. The fourth-order valence-corrected chi connectivity index (χ4v) is 7.14. The number of piperidine rings is 1. The van der Waals surface area contributed by atoms with Crippen molar-refractivity contribution in [2.45, 2.75) is 63.3 Å². The Morgan fingerprint density at radius 1 is 1.03 bits per heavy atom. The molecule has 1 saturated carbocycles. The van der Waals surface area contributed by atoms with Gasteiger partial charge in [0.25, 0.3) is 0 Å². The summed E-state index contributed by atoms with van der Waals surface area (Å²) in [6.07, 6.45) is 13.9. The van der Waals surface area contributed by atoms with Gasteiger partial charge in [0.05, 0.1) is 12.0 Å².